The van der Waals surface area contributed by atoms with Crippen molar-refractivity contribution >= 4 is 34.8 Å². The molecule has 5 heteroatoms. The molecule has 0 aliphatic carbocycles. The van der Waals surface area contributed by atoms with E-state index in [9.17, 15) is 4.79 Å². The van der Waals surface area contributed by atoms with E-state index in [0.29, 0.717) is 29.6 Å². The van der Waals surface area contributed by atoms with Crippen molar-refractivity contribution in [2.75, 3.05) is 11.9 Å². The molecule has 0 aromatic heterocycles. The van der Waals surface area contributed by atoms with Crippen LogP contribution >= 0.6 is 23.2 Å². The van der Waals surface area contributed by atoms with Crippen LogP contribution in [0.25, 0.3) is 0 Å². The summed E-state index contributed by atoms with van der Waals surface area (Å²) in [7, 11) is 0. The van der Waals surface area contributed by atoms with Crippen molar-refractivity contribution in [3.8, 4) is 0 Å². The van der Waals surface area contributed by atoms with Crippen LogP contribution < -0.4 is 5.32 Å². The molecule has 2 aromatic rings. The van der Waals surface area contributed by atoms with Gasteiger partial charge in [0.25, 0.3) is 0 Å². The lowest BCUT2D eigenvalue weighted by molar-refractivity contribution is -0.133. The third kappa shape index (κ3) is 5.43. The second-order valence-electron chi connectivity index (χ2n) is 5.91. The van der Waals surface area contributed by atoms with Crippen molar-refractivity contribution in [3.63, 3.8) is 0 Å². The molecular formula is C19H22Cl2N2O. The highest BCUT2D eigenvalue weighted by molar-refractivity contribution is 6.42. The predicted molar refractivity (Wildman–Crippen MR) is 102 cm³/mol. The molecular weight excluding hydrogens is 343 g/mol. The Morgan fingerprint density at radius 1 is 1.08 bits per heavy atom. The minimum absolute atomic E-state index is 0.126. The Hall–Kier alpha value is -1.71. The number of halogens is 2. The number of nitrogens with zero attached hydrogens (tertiary/aromatic N) is 1. The van der Waals surface area contributed by atoms with Crippen LogP contribution in [0, 0.1) is 0 Å². The van der Waals surface area contributed by atoms with Crippen LogP contribution in [0.15, 0.2) is 48.5 Å². The van der Waals surface area contributed by atoms with Crippen LogP contribution in [-0.4, -0.2) is 23.4 Å². The topological polar surface area (TPSA) is 32.3 Å². The van der Waals surface area contributed by atoms with E-state index in [4.69, 9.17) is 23.2 Å². The van der Waals surface area contributed by atoms with Crippen LogP contribution in [-0.2, 0) is 11.3 Å². The molecule has 2 rings (SSSR count). The monoisotopic (exact) mass is 364 g/mol. The summed E-state index contributed by atoms with van der Waals surface area (Å²) in [6.07, 6.45) is 0.422. The SMILES string of the molecule is CC(C)N(Cc1ccccc1)C(=O)CCNc1ccc(Cl)c(Cl)c1. The number of benzene rings is 2. The fourth-order valence-corrected chi connectivity index (χ4v) is 2.70. The average molecular weight is 365 g/mol. The number of carbonyl (C=O) groups excluding carboxylic acids is 1. The summed E-state index contributed by atoms with van der Waals surface area (Å²) in [5, 5.41) is 4.23. The summed E-state index contributed by atoms with van der Waals surface area (Å²) >= 11 is 11.9. The molecule has 0 spiro atoms. The van der Waals surface area contributed by atoms with E-state index >= 15 is 0 Å². The minimum atomic E-state index is 0.126. The average Bonchev–Trinajstić information content (AvgIpc) is 2.56. The normalized spacial score (nSPS) is 10.7. The lowest BCUT2D eigenvalue weighted by Gasteiger charge is -2.27. The molecule has 2 aromatic carbocycles. The molecule has 0 radical (unpaired) electrons. The number of rotatable bonds is 7. The molecule has 24 heavy (non-hydrogen) atoms. The van der Waals surface area contributed by atoms with Gasteiger partial charge in [-0.3, -0.25) is 4.79 Å². The van der Waals surface area contributed by atoms with Gasteiger partial charge in [0.05, 0.1) is 10.0 Å². The lowest BCUT2D eigenvalue weighted by atomic mass is 10.1. The first-order valence-electron chi connectivity index (χ1n) is 7.99. The first-order chi connectivity index (χ1) is 11.5. The predicted octanol–water partition coefficient (Wildman–Crippen LogP) is 5.23. The zero-order valence-corrected chi connectivity index (χ0v) is 15.4. The Balaban J connectivity index is 1.89. The first-order valence-corrected chi connectivity index (χ1v) is 8.75. The van der Waals surface area contributed by atoms with Gasteiger partial charge >= 0.3 is 0 Å². The maximum Gasteiger partial charge on any atom is 0.224 e. The fourth-order valence-electron chi connectivity index (χ4n) is 2.40. The van der Waals surface area contributed by atoms with Gasteiger partial charge in [-0.05, 0) is 37.6 Å². The molecule has 0 aliphatic rings. The highest BCUT2D eigenvalue weighted by Crippen LogP contribution is 2.25. The van der Waals surface area contributed by atoms with E-state index in [1.54, 1.807) is 12.1 Å². The van der Waals surface area contributed by atoms with Gasteiger partial charge in [-0.15, -0.1) is 0 Å². The zero-order valence-electron chi connectivity index (χ0n) is 13.9. The Labute approximate surface area is 153 Å². The summed E-state index contributed by atoms with van der Waals surface area (Å²) in [6, 6.07) is 15.5. The second kappa shape index (κ2) is 8.95. The van der Waals surface area contributed by atoms with E-state index < -0.39 is 0 Å². The van der Waals surface area contributed by atoms with Gasteiger partial charge in [0.2, 0.25) is 5.91 Å². The van der Waals surface area contributed by atoms with Gasteiger partial charge in [-0.1, -0.05) is 53.5 Å². The number of anilines is 1. The van der Waals surface area contributed by atoms with Crippen LogP contribution in [0.1, 0.15) is 25.8 Å². The Morgan fingerprint density at radius 2 is 1.79 bits per heavy atom. The third-order valence-electron chi connectivity index (χ3n) is 3.73. The summed E-state index contributed by atoms with van der Waals surface area (Å²) < 4.78 is 0. The van der Waals surface area contributed by atoms with E-state index in [-0.39, 0.29) is 11.9 Å². The molecule has 0 saturated carbocycles. The van der Waals surface area contributed by atoms with Crippen molar-refractivity contribution in [2.45, 2.75) is 32.9 Å². The molecule has 0 bridgehead atoms. The lowest BCUT2D eigenvalue weighted by Crippen LogP contribution is -2.37. The summed E-state index contributed by atoms with van der Waals surface area (Å²) in [5.41, 5.74) is 1.99. The van der Waals surface area contributed by atoms with Crippen molar-refractivity contribution in [1.82, 2.24) is 4.90 Å². The van der Waals surface area contributed by atoms with Gasteiger partial charge in [-0.2, -0.15) is 0 Å². The zero-order chi connectivity index (χ0) is 17.5. The van der Waals surface area contributed by atoms with Crippen molar-refractivity contribution in [3.05, 3.63) is 64.1 Å². The first kappa shape index (κ1) is 18.6. The van der Waals surface area contributed by atoms with Gasteiger partial charge in [0.1, 0.15) is 0 Å². The van der Waals surface area contributed by atoms with Gasteiger partial charge in [0, 0.05) is 31.2 Å². The van der Waals surface area contributed by atoms with E-state index in [0.717, 1.165) is 11.3 Å². The maximum absolute atomic E-state index is 12.5. The fraction of sp³-hybridized carbons (Fsp3) is 0.316. The van der Waals surface area contributed by atoms with Crippen LogP contribution in [0.5, 0.6) is 0 Å². The summed E-state index contributed by atoms with van der Waals surface area (Å²) in [5.74, 6) is 0.126. The molecule has 1 N–H and O–H groups in total. The standard InChI is InChI=1S/C19H22Cl2N2O/c1-14(2)23(13-15-6-4-3-5-7-15)19(24)10-11-22-16-8-9-17(20)18(21)12-16/h3-9,12,14,22H,10-11,13H2,1-2H3. The largest absolute Gasteiger partial charge is 0.384 e. The third-order valence-corrected chi connectivity index (χ3v) is 4.47. The molecule has 0 unspecified atom stereocenters. The van der Waals surface area contributed by atoms with E-state index in [2.05, 4.69) is 5.32 Å². The van der Waals surface area contributed by atoms with Crippen LogP contribution in [0.4, 0.5) is 5.69 Å². The Morgan fingerprint density at radius 3 is 2.42 bits per heavy atom. The van der Waals surface area contributed by atoms with Gasteiger partial charge in [0.15, 0.2) is 0 Å². The number of nitrogens with one attached hydrogen (secondary N) is 1. The second-order valence-corrected chi connectivity index (χ2v) is 6.72. The molecule has 0 aliphatic heterocycles. The molecule has 1 amide bonds. The number of carbonyl (C=O) groups is 1. The minimum Gasteiger partial charge on any atom is -0.384 e. The maximum atomic E-state index is 12.5. The summed E-state index contributed by atoms with van der Waals surface area (Å²) in [6.45, 7) is 5.25. The Bertz CT molecular complexity index is 674. The highest BCUT2D eigenvalue weighted by atomic mass is 35.5. The molecule has 128 valence electrons. The molecule has 0 fully saturated rings. The van der Waals surface area contributed by atoms with Crippen molar-refractivity contribution in [2.24, 2.45) is 0 Å². The quantitative estimate of drug-likeness (QED) is 0.728. The van der Waals surface area contributed by atoms with Gasteiger partial charge < -0.3 is 10.2 Å². The van der Waals surface area contributed by atoms with Crippen LogP contribution in [0.3, 0.4) is 0 Å². The molecule has 0 atom stereocenters. The summed E-state index contributed by atoms with van der Waals surface area (Å²) in [4.78, 5) is 14.4. The molecule has 0 saturated heterocycles. The highest BCUT2D eigenvalue weighted by Gasteiger charge is 2.16. The number of hydrogen-bond donors (Lipinski definition) is 1. The molecule has 3 nitrogen and oxygen atoms in total. The van der Waals surface area contributed by atoms with Crippen molar-refractivity contribution < 1.29 is 4.79 Å². The Kier molecular flexibility index (Phi) is 6.95. The van der Waals surface area contributed by atoms with Crippen LogP contribution in [0.2, 0.25) is 10.0 Å². The molecule has 0 heterocycles. The van der Waals surface area contributed by atoms with E-state index in [1.807, 2.05) is 55.1 Å². The van der Waals surface area contributed by atoms with E-state index in [1.165, 1.54) is 0 Å². The number of amides is 1. The van der Waals surface area contributed by atoms with Crippen molar-refractivity contribution in [1.29, 1.82) is 0 Å². The number of hydrogen-bond acceptors (Lipinski definition) is 2. The van der Waals surface area contributed by atoms with Gasteiger partial charge in [-0.25, -0.2) is 0 Å². The smallest absolute Gasteiger partial charge is 0.224 e.